The second kappa shape index (κ2) is 8.33. The molecule has 0 N–H and O–H groups in total. The first-order chi connectivity index (χ1) is 14.1. The third-order valence-electron chi connectivity index (χ3n) is 5.32. The van der Waals surface area contributed by atoms with Gasteiger partial charge in [-0.15, -0.1) is 0 Å². The molecule has 0 aliphatic heterocycles. The standard InChI is InChI=1S/C22H23ClN2O4/c1-27-17-9-14(10-18(12-17)28-2)22(26)25(16-5-3-4-6-16)13-21-24-19-11-15(23)7-8-20(19)29-21/h7-12,16H,3-6,13H2,1-2H3. The SMILES string of the molecule is COc1cc(OC)cc(C(=O)N(Cc2nc3cc(Cl)ccc3o2)C2CCCC2)c1. The summed E-state index contributed by atoms with van der Waals surface area (Å²) in [6.07, 6.45) is 4.16. The molecule has 1 fully saturated rings. The lowest BCUT2D eigenvalue weighted by Crippen LogP contribution is -2.38. The normalized spacial score (nSPS) is 14.3. The monoisotopic (exact) mass is 414 g/mol. The number of carbonyl (C=O) groups is 1. The van der Waals surface area contributed by atoms with E-state index in [2.05, 4.69) is 4.98 Å². The Morgan fingerprint density at radius 1 is 1.14 bits per heavy atom. The van der Waals surface area contributed by atoms with Crippen LogP contribution in [0.3, 0.4) is 0 Å². The molecule has 1 aliphatic carbocycles. The molecule has 0 saturated heterocycles. The van der Waals surface area contributed by atoms with Crippen LogP contribution in [0, 0.1) is 0 Å². The lowest BCUT2D eigenvalue weighted by molar-refractivity contribution is 0.0645. The highest BCUT2D eigenvalue weighted by atomic mass is 35.5. The fraction of sp³-hybridized carbons (Fsp3) is 0.364. The van der Waals surface area contributed by atoms with Crippen molar-refractivity contribution in [2.45, 2.75) is 38.3 Å². The number of oxazole rings is 1. The van der Waals surface area contributed by atoms with E-state index in [4.69, 9.17) is 25.5 Å². The van der Waals surface area contributed by atoms with Gasteiger partial charge in [-0.3, -0.25) is 4.79 Å². The quantitative estimate of drug-likeness (QED) is 0.562. The van der Waals surface area contributed by atoms with Gasteiger partial charge >= 0.3 is 0 Å². The maximum atomic E-state index is 13.5. The predicted molar refractivity (Wildman–Crippen MR) is 111 cm³/mol. The molecule has 4 rings (SSSR count). The first kappa shape index (κ1) is 19.6. The number of halogens is 1. The van der Waals surface area contributed by atoms with Crippen LogP contribution in [0.1, 0.15) is 41.9 Å². The molecule has 1 heterocycles. The molecule has 3 aromatic rings. The van der Waals surface area contributed by atoms with Crippen LogP contribution < -0.4 is 9.47 Å². The van der Waals surface area contributed by atoms with Crippen LogP contribution in [0.4, 0.5) is 0 Å². The van der Waals surface area contributed by atoms with Crippen LogP contribution in [0.2, 0.25) is 5.02 Å². The number of ether oxygens (including phenoxy) is 2. The van der Waals surface area contributed by atoms with Gasteiger partial charge in [0.2, 0.25) is 5.89 Å². The highest BCUT2D eigenvalue weighted by Crippen LogP contribution is 2.30. The van der Waals surface area contributed by atoms with Crippen molar-refractivity contribution >= 4 is 28.6 Å². The molecular formula is C22H23ClN2O4. The maximum absolute atomic E-state index is 13.5. The molecule has 152 valence electrons. The van der Waals surface area contributed by atoms with E-state index in [1.807, 2.05) is 4.90 Å². The van der Waals surface area contributed by atoms with E-state index < -0.39 is 0 Å². The number of amides is 1. The van der Waals surface area contributed by atoms with Crippen molar-refractivity contribution in [2.75, 3.05) is 14.2 Å². The van der Waals surface area contributed by atoms with Crippen molar-refractivity contribution in [3.63, 3.8) is 0 Å². The zero-order chi connectivity index (χ0) is 20.4. The first-order valence-electron chi connectivity index (χ1n) is 9.66. The minimum atomic E-state index is -0.0885. The lowest BCUT2D eigenvalue weighted by atomic mass is 10.1. The van der Waals surface area contributed by atoms with E-state index in [-0.39, 0.29) is 11.9 Å². The Morgan fingerprint density at radius 2 is 1.83 bits per heavy atom. The van der Waals surface area contributed by atoms with Gasteiger partial charge < -0.3 is 18.8 Å². The van der Waals surface area contributed by atoms with E-state index >= 15 is 0 Å². The Morgan fingerprint density at radius 3 is 2.48 bits per heavy atom. The minimum Gasteiger partial charge on any atom is -0.497 e. The second-order valence-electron chi connectivity index (χ2n) is 7.19. The molecule has 2 aromatic carbocycles. The third-order valence-corrected chi connectivity index (χ3v) is 5.56. The molecule has 1 saturated carbocycles. The van der Waals surface area contributed by atoms with Gasteiger partial charge in [-0.2, -0.15) is 0 Å². The van der Waals surface area contributed by atoms with Crippen LogP contribution in [0.25, 0.3) is 11.1 Å². The Labute approximate surface area is 174 Å². The van der Waals surface area contributed by atoms with E-state index in [1.165, 1.54) is 0 Å². The molecule has 1 amide bonds. The van der Waals surface area contributed by atoms with E-state index in [9.17, 15) is 4.79 Å². The molecule has 0 atom stereocenters. The van der Waals surface area contributed by atoms with Crippen molar-refractivity contribution in [3.05, 3.63) is 52.9 Å². The van der Waals surface area contributed by atoms with E-state index in [1.54, 1.807) is 50.6 Å². The number of carbonyl (C=O) groups excluding carboxylic acids is 1. The van der Waals surface area contributed by atoms with Gasteiger partial charge in [-0.1, -0.05) is 24.4 Å². The smallest absolute Gasteiger partial charge is 0.254 e. The number of hydrogen-bond donors (Lipinski definition) is 0. The van der Waals surface area contributed by atoms with Crippen molar-refractivity contribution in [2.24, 2.45) is 0 Å². The highest BCUT2D eigenvalue weighted by molar-refractivity contribution is 6.31. The maximum Gasteiger partial charge on any atom is 0.254 e. The summed E-state index contributed by atoms with van der Waals surface area (Å²) in [5.74, 6) is 1.57. The summed E-state index contributed by atoms with van der Waals surface area (Å²) in [5.41, 5.74) is 1.87. The Bertz CT molecular complexity index is 1000. The van der Waals surface area contributed by atoms with Crippen LogP contribution in [-0.2, 0) is 6.54 Å². The summed E-state index contributed by atoms with van der Waals surface area (Å²) in [6.45, 7) is 0.301. The van der Waals surface area contributed by atoms with Gasteiger partial charge in [0.25, 0.3) is 5.91 Å². The van der Waals surface area contributed by atoms with Gasteiger partial charge in [0.05, 0.1) is 20.8 Å². The van der Waals surface area contributed by atoms with Crippen LogP contribution in [-0.4, -0.2) is 36.1 Å². The number of hydrogen-bond acceptors (Lipinski definition) is 5. The zero-order valence-corrected chi connectivity index (χ0v) is 17.2. The predicted octanol–water partition coefficient (Wildman–Crippen LogP) is 5.08. The summed E-state index contributed by atoms with van der Waals surface area (Å²) in [5, 5.41) is 0.601. The van der Waals surface area contributed by atoms with Gasteiger partial charge in [0.15, 0.2) is 5.58 Å². The van der Waals surface area contributed by atoms with Crippen molar-refractivity contribution in [3.8, 4) is 11.5 Å². The van der Waals surface area contributed by atoms with Gasteiger partial charge in [0, 0.05) is 22.7 Å². The fourth-order valence-corrected chi connectivity index (χ4v) is 4.01. The van der Waals surface area contributed by atoms with Crippen molar-refractivity contribution in [1.82, 2.24) is 9.88 Å². The third kappa shape index (κ3) is 4.17. The van der Waals surface area contributed by atoms with E-state index in [0.717, 1.165) is 25.7 Å². The Kier molecular flexibility index (Phi) is 5.62. The van der Waals surface area contributed by atoms with Gasteiger partial charge in [-0.25, -0.2) is 4.98 Å². The summed E-state index contributed by atoms with van der Waals surface area (Å²) in [4.78, 5) is 19.9. The number of benzene rings is 2. The van der Waals surface area contributed by atoms with Crippen LogP contribution in [0.15, 0.2) is 40.8 Å². The van der Waals surface area contributed by atoms with Crippen LogP contribution in [0.5, 0.6) is 11.5 Å². The first-order valence-corrected chi connectivity index (χ1v) is 10.0. The molecule has 0 unspecified atom stereocenters. The second-order valence-corrected chi connectivity index (χ2v) is 7.63. The average Bonchev–Trinajstić information content (AvgIpc) is 3.40. The number of rotatable bonds is 6. The molecule has 1 aromatic heterocycles. The fourth-order valence-electron chi connectivity index (χ4n) is 3.84. The number of methoxy groups -OCH3 is 2. The largest absolute Gasteiger partial charge is 0.497 e. The van der Waals surface area contributed by atoms with E-state index in [0.29, 0.717) is 45.6 Å². The summed E-state index contributed by atoms with van der Waals surface area (Å²) in [6, 6.07) is 10.7. The lowest BCUT2D eigenvalue weighted by Gasteiger charge is -2.28. The minimum absolute atomic E-state index is 0.0885. The number of fused-ring (bicyclic) bond motifs is 1. The summed E-state index contributed by atoms with van der Waals surface area (Å²) < 4.78 is 16.5. The molecule has 7 heteroatoms. The van der Waals surface area contributed by atoms with Gasteiger partial charge in [0.1, 0.15) is 17.0 Å². The molecule has 0 spiro atoms. The van der Waals surface area contributed by atoms with Crippen molar-refractivity contribution < 1.29 is 18.7 Å². The summed E-state index contributed by atoms with van der Waals surface area (Å²) in [7, 11) is 3.14. The Balaban J connectivity index is 1.67. The number of aromatic nitrogens is 1. The molecular weight excluding hydrogens is 392 g/mol. The topological polar surface area (TPSA) is 64.8 Å². The average molecular weight is 415 g/mol. The highest BCUT2D eigenvalue weighted by Gasteiger charge is 2.29. The molecule has 29 heavy (non-hydrogen) atoms. The number of nitrogens with zero attached hydrogens (tertiary/aromatic N) is 2. The van der Waals surface area contributed by atoms with Gasteiger partial charge in [-0.05, 0) is 43.2 Å². The summed E-state index contributed by atoms with van der Waals surface area (Å²) >= 11 is 6.05. The molecule has 1 aliphatic rings. The zero-order valence-electron chi connectivity index (χ0n) is 16.5. The van der Waals surface area contributed by atoms with Crippen LogP contribution >= 0.6 is 11.6 Å². The molecule has 6 nitrogen and oxygen atoms in total. The molecule has 0 bridgehead atoms. The molecule has 0 radical (unpaired) electrons. The van der Waals surface area contributed by atoms with Crippen molar-refractivity contribution in [1.29, 1.82) is 0 Å². The Hall–Kier alpha value is -2.73.